The average Bonchev–Trinajstić information content (AvgIpc) is 2.90. The molecular formula is C26H34N6O3. The standard InChI is InChI=1S/C26H34N6O3/c33-24(32-18-16-31(17-19-32)23-8-4-5-14-27-23)13-15-28-26(35)30-22-11-9-20(10-12-22)25(34)29-21-6-2-1-3-7-21/h4-5,8-12,14,21H,1-3,6-7,13,15-19H2,(H,29,34)(H2,28,30,35). The Balaban J connectivity index is 1.14. The summed E-state index contributed by atoms with van der Waals surface area (Å²) in [6, 6.07) is 12.5. The second kappa shape index (κ2) is 12.2. The van der Waals surface area contributed by atoms with Gasteiger partial charge in [0.25, 0.3) is 5.91 Å². The molecule has 186 valence electrons. The summed E-state index contributed by atoms with van der Waals surface area (Å²) in [5.41, 5.74) is 1.17. The molecule has 2 heterocycles. The molecule has 0 atom stereocenters. The van der Waals surface area contributed by atoms with Crippen molar-refractivity contribution < 1.29 is 14.4 Å². The van der Waals surface area contributed by atoms with Crippen LogP contribution in [0.3, 0.4) is 0 Å². The van der Waals surface area contributed by atoms with Crippen LogP contribution in [-0.2, 0) is 4.79 Å². The van der Waals surface area contributed by atoms with Crippen LogP contribution in [0.1, 0.15) is 48.9 Å². The number of pyridine rings is 1. The molecule has 2 aromatic rings. The SMILES string of the molecule is O=C(NCCC(=O)N1CCN(c2ccccn2)CC1)Nc1ccc(C(=O)NC2CCCCC2)cc1. The summed E-state index contributed by atoms with van der Waals surface area (Å²) in [7, 11) is 0. The molecule has 35 heavy (non-hydrogen) atoms. The van der Waals surface area contributed by atoms with Crippen molar-refractivity contribution in [2.75, 3.05) is 42.9 Å². The van der Waals surface area contributed by atoms with E-state index in [9.17, 15) is 14.4 Å². The maximum atomic E-state index is 12.5. The lowest BCUT2D eigenvalue weighted by atomic mass is 9.95. The van der Waals surface area contributed by atoms with Crippen LogP contribution in [0.4, 0.5) is 16.3 Å². The van der Waals surface area contributed by atoms with Crippen molar-refractivity contribution in [3.63, 3.8) is 0 Å². The predicted molar refractivity (Wildman–Crippen MR) is 135 cm³/mol. The molecular weight excluding hydrogens is 444 g/mol. The van der Waals surface area contributed by atoms with Crippen molar-refractivity contribution in [1.82, 2.24) is 20.5 Å². The molecule has 0 spiro atoms. The number of urea groups is 1. The number of hydrogen-bond donors (Lipinski definition) is 3. The van der Waals surface area contributed by atoms with Gasteiger partial charge in [-0.05, 0) is 49.2 Å². The molecule has 0 radical (unpaired) electrons. The minimum atomic E-state index is -0.378. The Bertz CT molecular complexity index is 984. The van der Waals surface area contributed by atoms with Crippen LogP contribution in [0.5, 0.6) is 0 Å². The first-order valence-corrected chi connectivity index (χ1v) is 12.5. The average molecular weight is 479 g/mol. The fourth-order valence-corrected chi connectivity index (χ4v) is 4.56. The van der Waals surface area contributed by atoms with Gasteiger partial charge >= 0.3 is 6.03 Å². The molecule has 2 fully saturated rings. The third-order valence-electron chi connectivity index (χ3n) is 6.58. The normalized spacial score (nSPS) is 16.5. The van der Waals surface area contributed by atoms with Crippen LogP contribution in [0, 0.1) is 0 Å². The van der Waals surface area contributed by atoms with E-state index in [4.69, 9.17) is 0 Å². The number of piperazine rings is 1. The molecule has 1 aromatic carbocycles. The third kappa shape index (κ3) is 7.18. The van der Waals surface area contributed by atoms with Gasteiger partial charge in [0, 0.05) is 62.6 Å². The summed E-state index contributed by atoms with van der Waals surface area (Å²) in [5, 5.41) is 8.57. The van der Waals surface area contributed by atoms with E-state index in [-0.39, 0.29) is 36.9 Å². The highest BCUT2D eigenvalue weighted by molar-refractivity contribution is 5.95. The summed E-state index contributed by atoms with van der Waals surface area (Å²) in [5.74, 6) is 0.877. The first-order valence-electron chi connectivity index (χ1n) is 12.5. The second-order valence-corrected chi connectivity index (χ2v) is 9.07. The summed E-state index contributed by atoms with van der Waals surface area (Å²) < 4.78 is 0. The Hall–Kier alpha value is -3.62. The largest absolute Gasteiger partial charge is 0.353 e. The molecule has 1 aromatic heterocycles. The Morgan fingerprint density at radius 1 is 0.914 bits per heavy atom. The van der Waals surface area contributed by atoms with Crippen molar-refractivity contribution in [2.24, 2.45) is 0 Å². The van der Waals surface area contributed by atoms with E-state index in [0.29, 0.717) is 24.3 Å². The number of nitrogens with one attached hydrogen (secondary N) is 3. The lowest BCUT2D eigenvalue weighted by molar-refractivity contribution is -0.131. The molecule has 1 saturated carbocycles. The van der Waals surface area contributed by atoms with Gasteiger partial charge in [-0.3, -0.25) is 9.59 Å². The zero-order valence-corrected chi connectivity index (χ0v) is 20.0. The molecule has 0 unspecified atom stereocenters. The smallest absolute Gasteiger partial charge is 0.319 e. The van der Waals surface area contributed by atoms with E-state index < -0.39 is 0 Å². The molecule has 9 heteroatoms. The highest BCUT2D eigenvalue weighted by atomic mass is 16.2. The predicted octanol–water partition coefficient (Wildman–Crippen LogP) is 3.00. The number of rotatable bonds is 7. The Morgan fingerprint density at radius 3 is 2.34 bits per heavy atom. The van der Waals surface area contributed by atoms with Crippen molar-refractivity contribution in [2.45, 2.75) is 44.6 Å². The van der Waals surface area contributed by atoms with Gasteiger partial charge in [-0.15, -0.1) is 0 Å². The Kier molecular flexibility index (Phi) is 8.53. The van der Waals surface area contributed by atoms with Crippen LogP contribution >= 0.6 is 0 Å². The van der Waals surface area contributed by atoms with Crippen molar-refractivity contribution >= 4 is 29.4 Å². The fraction of sp³-hybridized carbons (Fsp3) is 0.462. The van der Waals surface area contributed by atoms with Crippen molar-refractivity contribution in [1.29, 1.82) is 0 Å². The quantitative estimate of drug-likeness (QED) is 0.567. The van der Waals surface area contributed by atoms with Gasteiger partial charge in [0.15, 0.2) is 0 Å². The van der Waals surface area contributed by atoms with Gasteiger partial charge in [-0.2, -0.15) is 0 Å². The molecule has 1 aliphatic carbocycles. The van der Waals surface area contributed by atoms with E-state index in [1.807, 2.05) is 23.1 Å². The topological polar surface area (TPSA) is 107 Å². The van der Waals surface area contributed by atoms with E-state index in [1.54, 1.807) is 30.5 Å². The van der Waals surface area contributed by atoms with E-state index in [2.05, 4.69) is 25.8 Å². The van der Waals surface area contributed by atoms with Crippen LogP contribution in [0.15, 0.2) is 48.7 Å². The first-order chi connectivity index (χ1) is 17.1. The maximum absolute atomic E-state index is 12.5. The molecule has 0 bridgehead atoms. The number of nitrogens with zero attached hydrogens (tertiary/aromatic N) is 3. The molecule has 1 saturated heterocycles. The number of carbonyl (C=O) groups is 3. The Labute approximate surface area is 206 Å². The number of carbonyl (C=O) groups excluding carboxylic acids is 3. The van der Waals surface area contributed by atoms with Gasteiger partial charge in [-0.1, -0.05) is 25.3 Å². The number of amides is 4. The zero-order valence-electron chi connectivity index (χ0n) is 20.0. The molecule has 3 N–H and O–H groups in total. The number of benzene rings is 1. The third-order valence-corrected chi connectivity index (χ3v) is 6.58. The van der Waals surface area contributed by atoms with Crippen LogP contribution in [0.25, 0.3) is 0 Å². The maximum Gasteiger partial charge on any atom is 0.319 e. The van der Waals surface area contributed by atoms with Crippen molar-refractivity contribution in [3.05, 3.63) is 54.2 Å². The van der Waals surface area contributed by atoms with Crippen LogP contribution < -0.4 is 20.9 Å². The monoisotopic (exact) mass is 478 g/mol. The highest BCUT2D eigenvalue weighted by Crippen LogP contribution is 2.18. The summed E-state index contributed by atoms with van der Waals surface area (Å²) in [6.45, 7) is 3.02. The van der Waals surface area contributed by atoms with E-state index in [1.165, 1.54) is 6.42 Å². The minimum Gasteiger partial charge on any atom is -0.353 e. The summed E-state index contributed by atoms with van der Waals surface area (Å²) in [4.78, 5) is 45.5. The van der Waals surface area contributed by atoms with Gasteiger partial charge in [-0.25, -0.2) is 9.78 Å². The van der Waals surface area contributed by atoms with Gasteiger partial charge in [0.1, 0.15) is 5.82 Å². The minimum absolute atomic E-state index is 0.0271. The number of hydrogen-bond acceptors (Lipinski definition) is 5. The lowest BCUT2D eigenvalue weighted by Crippen LogP contribution is -2.49. The van der Waals surface area contributed by atoms with Gasteiger partial charge in [0.05, 0.1) is 0 Å². The number of anilines is 2. The molecule has 9 nitrogen and oxygen atoms in total. The van der Waals surface area contributed by atoms with E-state index >= 15 is 0 Å². The van der Waals surface area contributed by atoms with Crippen molar-refractivity contribution in [3.8, 4) is 0 Å². The first kappa shape index (κ1) is 24.5. The van der Waals surface area contributed by atoms with Gasteiger partial charge in [0.2, 0.25) is 5.91 Å². The summed E-state index contributed by atoms with van der Waals surface area (Å²) in [6.07, 6.45) is 7.66. The van der Waals surface area contributed by atoms with Crippen LogP contribution in [-0.4, -0.2) is 66.5 Å². The summed E-state index contributed by atoms with van der Waals surface area (Å²) >= 11 is 0. The second-order valence-electron chi connectivity index (χ2n) is 9.07. The van der Waals surface area contributed by atoms with Crippen LogP contribution in [0.2, 0.25) is 0 Å². The molecule has 1 aliphatic heterocycles. The molecule has 4 amide bonds. The van der Waals surface area contributed by atoms with E-state index in [0.717, 1.165) is 44.6 Å². The Morgan fingerprint density at radius 2 is 1.66 bits per heavy atom. The number of aromatic nitrogens is 1. The molecule has 2 aliphatic rings. The molecule has 4 rings (SSSR count). The fourth-order valence-electron chi connectivity index (χ4n) is 4.56. The highest BCUT2D eigenvalue weighted by Gasteiger charge is 2.21. The lowest BCUT2D eigenvalue weighted by Gasteiger charge is -2.35. The van der Waals surface area contributed by atoms with Gasteiger partial charge < -0.3 is 25.8 Å². The zero-order chi connectivity index (χ0) is 24.5.